The van der Waals surface area contributed by atoms with E-state index in [0.717, 1.165) is 5.56 Å². The molecule has 0 amide bonds. The molecule has 1 N–H and O–H groups in total. The van der Waals surface area contributed by atoms with Crippen molar-refractivity contribution in [1.82, 2.24) is 14.5 Å². The number of rotatable bonds is 10. The number of carbonyl (C=O) groups is 1. The van der Waals surface area contributed by atoms with E-state index < -0.39 is 17.6 Å². The van der Waals surface area contributed by atoms with Crippen LogP contribution in [0.3, 0.4) is 0 Å². The Morgan fingerprint density at radius 2 is 1.79 bits per heavy atom. The van der Waals surface area contributed by atoms with Gasteiger partial charge in [0.2, 0.25) is 5.88 Å². The molecule has 10 heteroatoms. The van der Waals surface area contributed by atoms with Gasteiger partial charge in [0.25, 0.3) is 0 Å². The molecule has 42 heavy (non-hydrogen) atoms. The molecule has 0 aliphatic carbocycles. The topological polar surface area (TPSA) is 110 Å². The molecule has 0 bridgehead atoms. The molecule has 0 saturated heterocycles. The number of benzene rings is 3. The fraction of sp³-hybridized carbons (Fsp3) is 0.188. The van der Waals surface area contributed by atoms with Crippen molar-refractivity contribution in [2.45, 2.75) is 26.5 Å². The molecule has 0 radical (unpaired) electrons. The van der Waals surface area contributed by atoms with Crippen LogP contribution in [0.5, 0.6) is 5.88 Å². The van der Waals surface area contributed by atoms with Crippen LogP contribution in [0.4, 0.5) is 8.78 Å². The van der Waals surface area contributed by atoms with E-state index in [4.69, 9.17) is 9.47 Å². The number of nitrogens with zero attached hydrogens (tertiary/aromatic N) is 4. The van der Waals surface area contributed by atoms with Crippen LogP contribution in [-0.2, 0) is 24.3 Å². The molecule has 8 nitrogen and oxygen atoms in total. The van der Waals surface area contributed by atoms with Crippen LogP contribution in [0.1, 0.15) is 38.4 Å². The van der Waals surface area contributed by atoms with Crippen LogP contribution in [0, 0.1) is 29.9 Å². The van der Waals surface area contributed by atoms with Crippen LogP contribution in [0.25, 0.3) is 22.3 Å². The number of nitriles is 1. The molecule has 0 saturated carbocycles. The number of halogens is 2. The first kappa shape index (κ1) is 28.4. The largest absolute Gasteiger partial charge is 0.478 e. The second-order valence-electron chi connectivity index (χ2n) is 9.74. The molecule has 2 aromatic heterocycles. The first-order valence-corrected chi connectivity index (χ1v) is 13.1. The number of aromatic carboxylic acids is 1. The van der Waals surface area contributed by atoms with Gasteiger partial charge in [-0.05, 0) is 54.4 Å². The summed E-state index contributed by atoms with van der Waals surface area (Å²) in [5.41, 5.74) is 3.86. The third kappa shape index (κ3) is 6.11. The predicted octanol–water partition coefficient (Wildman–Crippen LogP) is 6.07. The quantitative estimate of drug-likeness (QED) is 0.218. The Bertz CT molecular complexity index is 1850. The zero-order chi connectivity index (χ0) is 29.8. The van der Waals surface area contributed by atoms with Crippen molar-refractivity contribution >= 4 is 17.0 Å². The van der Waals surface area contributed by atoms with Gasteiger partial charge in [-0.3, -0.25) is 0 Å². The van der Waals surface area contributed by atoms with E-state index in [9.17, 15) is 19.6 Å². The Morgan fingerprint density at radius 1 is 1.00 bits per heavy atom. The van der Waals surface area contributed by atoms with Crippen LogP contribution in [0.2, 0.25) is 0 Å². The summed E-state index contributed by atoms with van der Waals surface area (Å²) < 4.78 is 42.4. The van der Waals surface area contributed by atoms with Crippen molar-refractivity contribution in [3.8, 4) is 23.2 Å². The van der Waals surface area contributed by atoms with E-state index in [2.05, 4.69) is 16.0 Å². The highest BCUT2D eigenvalue weighted by atomic mass is 19.1. The number of imidazole rings is 1. The summed E-state index contributed by atoms with van der Waals surface area (Å²) in [5, 5.41) is 18.9. The summed E-state index contributed by atoms with van der Waals surface area (Å²) in [4.78, 5) is 20.6. The monoisotopic (exact) mass is 568 g/mol. The summed E-state index contributed by atoms with van der Waals surface area (Å²) in [7, 11) is 1.56. The molecule has 5 rings (SSSR count). The average molecular weight is 569 g/mol. The Balaban J connectivity index is 1.42. The van der Waals surface area contributed by atoms with Gasteiger partial charge in [0.15, 0.2) is 0 Å². The second-order valence-corrected chi connectivity index (χ2v) is 9.74. The van der Waals surface area contributed by atoms with Crippen molar-refractivity contribution in [1.29, 1.82) is 5.26 Å². The lowest BCUT2D eigenvalue weighted by Gasteiger charge is -2.11. The molecule has 0 aliphatic rings. The van der Waals surface area contributed by atoms with Gasteiger partial charge >= 0.3 is 5.97 Å². The van der Waals surface area contributed by atoms with Crippen LogP contribution < -0.4 is 4.74 Å². The summed E-state index contributed by atoms with van der Waals surface area (Å²) in [6.07, 6.45) is 0.148. The van der Waals surface area contributed by atoms with Crippen molar-refractivity contribution in [2.24, 2.45) is 0 Å². The van der Waals surface area contributed by atoms with Crippen LogP contribution in [0.15, 0.2) is 66.7 Å². The smallest absolute Gasteiger partial charge is 0.335 e. The zero-order valence-electron chi connectivity index (χ0n) is 22.9. The highest BCUT2D eigenvalue weighted by molar-refractivity contribution is 5.92. The predicted molar refractivity (Wildman–Crippen MR) is 151 cm³/mol. The van der Waals surface area contributed by atoms with Gasteiger partial charge in [0, 0.05) is 37.3 Å². The molecule has 0 spiro atoms. The first-order valence-electron chi connectivity index (χ1n) is 13.1. The number of fused-ring (bicyclic) bond motifs is 1. The number of aromatic nitrogens is 3. The number of hydrogen-bond donors (Lipinski definition) is 1. The molecule has 2 heterocycles. The van der Waals surface area contributed by atoms with Gasteiger partial charge in [-0.25, -0.2) is 23.5 Å². The number of pyridine rings is 1. The number of aryl methyl sites for hydroxylation is 1. The lowest BCUT2D eigenvalue weighted by atomic mass is 10.0. The van der Waals surface area contributed by atoms with Gasteiger partial charge in [-0.2, -0.15) is 5.26 Å². The molecule has 212 valence electrons. The number of methoxy groups -OCH3 is 1. The number of carboxylic acids is 1. The van der Waals surface area contributed by atoms with E-state index in [-0.39, 0.29) is 30.0 Å². The van der Waals surface area contributed by atoms with Crippen molar-refractivity contribution in [3.63, 3.8) is 0 Å². The van der Waals surface area contributed by atoms with E-state index in [1.165, 1.54) is 30.3 Å². The zero-order valence-corrected chi connectivity index (χ0v) is 22.9. The third-order valence-corrected chi connectivity index (χ3v) is 6.81. The Hall–Kier alpha value is -5.14. The first-order chi connectivity index (χ1) is 20.2. The van der Waals surface area contributed by atoms with Crippen molar-refractivity contribution in [2.75, 3.05) is 13.7 Å². The molecular formula is C32H26F2N4O4. The molecular weight excluding hydrogens is 542 g/mol. The van der Waals surface area contributed by atoms with E-state index >= 15 is 4.39 Å². The molecule has 0 unspecified atom stereocenters. The Labute approximate surface area is 240 Å². The normalized spacial score (nSPS) is 11.0. The minimum atomic E-state index is -1.05. The summed E-state index contributed by atoms with van der Waals surface area (Å²) in [6.45, 7) is 2.47. The van der Waals surface area contributed by atoms with Gasteiger partial charge in [-0.1, -0.05) is 24.3 Å². The van der Waals surface area contributed by atoms with Crippen molar-refractivity contribution < 1.29 is 28.2 Å². The number of ether oxygens (including phenoxy) is 2. The second kappa shape index (κ2) is 12.2. The molecule has 0 aliphatic heterocycles. The average Bonchev–Trinajstić information content (AvgIpc) is 3.32. The van der Waals surface area contributed by atoms with Crippen molar-refractivity contribution in [3.05, 3.63) is 112 Å². The SMILES string of the molecule is COCCn1c(Cc2ccc(-c3cc(C#N)cc(OCc4ccc(C)cc4F)n3)cc2F)nc2ccc(C(=O)O)cc21. The minimum absolute atomic E-state index is 0.0846. The van der Waals surface area contributed by atoms with E-state index in [1.807, 2.05) is 4.57 Å². The van der Waals surface area contributed by atoms with Gasteiger partial charge in [-0.15, -0.1) is 0 Å². The number of carboxylic acid groups (broad SMARTS) is 1. The maximum atomic E-state index is 15.5. The van der Waals surface area contributed by atoms with Gasteiger partial charge in [0.05, 0.1) is 40.5 Å². The Morgan fingerprint density at radius 3 is 2.50 bits per heavy atom. The van der Waals surface area contributed by atoms with E-state index in [0.29, 0.717) is 52.4 Å². The minimum Gasteiger partial charge on any atom is -0.478 e. The fourth-order valence-electron chi connectivity index (χ4n) is 4.61. The van der Waals surface area contributed by atoms with Gasteiger partial charge in [0.1, 0.15) is 24.1 Å². The summed E-state index contributed by atoms with van der Waals surface area (Å²) >= 11 is 0. The maximum Gasteiger partial charge on any atom is 0.335 e. The fourth-order valence-corrected chi connectivity index (χ4v) is 4.61. The molecule has 0 atom stereocenters. The highest BCUT2D eigenvalue weighted by Crippen LogP contribution is 2.27. The summed E-state index contributed by atoms with van der Waals surface area (Å²) in [6, 6.07) is 19.1. The standard InChI is InChI=1S/C32H26F2N4O4/c1-19-3-4-24(25(33)11-19)18-42-31-13-20(17-35)12-28(37-31)22-6-5-21(26(34)14-22)16-30-36-27-8-7-23(32(39)40)15-29(27)38(30)9-10-41-2/h3-8,11-15H,9-10,16,18H2,1-2H3,(H,39,40). The lowest BCUT2D eigenvalue weighted by Crippen LogP contribution is -2.10. The van der Waals surface area contributed by atoms with E-state index in [1.54, 1.807) is 50.4 Å². The number of hydrogen-bond acceptors (Lipinski definition) is 6. The highest BCUT2D eigenvalue weighted by Gasteiger charge is 2.17. The summed E-state index contributed by atoms with van der Waals surface area (Å²) in [5.74, 6) is -1.29. The van der Waals surface area contributed by atoms with Gasteiger partial charge < -0.3 is 19.1 Å². The molecule has 0 fully saturated rings. The molecule has 3 aromatic carbocycles. The van der Waals surface area contributed by atoms with Crippen LogP contribution in [-0.4, -0.2) is 39.3 Å². The third-order valence-electron chi connectivity index (χ3n) is 6.81. The van der Waals surface area contributed by atoms with Crippen LogP contribution >= 0.6 is 0 Å². The molecule has 5 aromatic rings. The maximum absolute atomic E-state index is 15.5. The Kier molecular flexibility index (Phi) is 8.22. The lowest BCUT2D eigenvalue weighted by molar-refractivity contribution is 0.0697.